The molecule has 22 nitrogen and oxygen atoms in total. The molecule has 3 heterocycles. The van der Waals surface area contributed by atoms with Crippen LogP contribution in [0.15, 0.2) is 17.4 Å². The molecule has 0 bridgehead atoms. The molecule has 0 spiro atoms. The van der Waals surface area contributed by atoms with Crippen molar-refractivity contribution < 1.29 is 103 Å². The molecular formula is C20H31N7NaO15P. The van der Waals surface area contributed by atoms with Crippen LogP contribution in [-0.4, -0.2) is 134 Å². The van der Waals surface area contributed by atoms with Crippen LogP contribution in [0.4, 0.5) is 4.79 Å². The summed E-state index contributed by atoms with van der Waals surface area (Å²) in [5.41, 5.74) is 14.0. The first-order chi connectivity index (χ1) is 20.0. The van der Waals surface area contributed by atoms with Crippen LogP contribution in [0.2, 0.25) is 0 Å². The van der Waals surface area contributed by atoms with Crippen LogP contribution in [-0.2, 0) is 32.7 Å². The molecule has 0 aromatic heterocycles. The van der Waals surface area contributed by atoms with Crippen molar-refractivity contribution >= 4 is 25.7 Å². The number of aliphatic carboxylic acids is 1. The standard InChI is InChI=1S/C20H32N7O15P.Na/c1-7(28)24-12-8(29)4-20(18(34)35,41-16(12)13(31)9(30)5-23-26-22)42-43(37,38)39-6-10-14(32)15(33)17(40-10)27-3-2-11(21)25-19(27)36;/h2-3,8-17,29-33H,4-6,21H2,1H3,(H,24,28)(H,25,36)(H,34,35)(H,37,38);/q;+1/p-1/t8-,9+,10+,11?,12+,13+,14+,15+,16+,17+,20-;/m0./s1. The predicted molar refractivity (Wildman–Crippen MR) is 132 cm³/mol. The zero-order valence-corrected chi connectivity index (χ0v) is 26.1. The van der Waals surface area contributed by atoms with Crippen LogP contribution < -0.4 is 50.8 Å². The molecule has 3 aliphatic rings. The monoisotopic (exact) mass is 663 g/mol. The van der Waals surface area contributed by atoms with Crippen molar-refractivity contribution in [1.29, 1.82) is 0 Å². The van der Waals surface area contributed by atoms with E-state index in [9.17, 15) is 54.5 Å². The molecule has 12 atom stereocenters. The SMILES string of the molecule is CC(=O)N[C@H]1[C@H]([C@H](O)[C@H](O)CN=[N+]=[N-])O[C@@](OP(=O)([O-])OC[C@H]2O[C@@H](N3C=CC(N)NC3=O)[C@H](O)[C@@H]2O)(C(=O)O)C[C@@H]1O.[Na+]. The number of amides is 3. The van der Waals surface area contributed by atoms with Gasteiger partial charge in [-0.2, -0.15) is 0 Å². The van der Waals surface area contributed by atoms with Gasteiger partial charge in [0.25, 0.3) is 13.6 Å². The minimum atomic E-state index is -5.78. The number of nitrogens with zero attached hydrogens (tertiary/aromatic N) is 4. The topological polar surface area (TPSA) is 352 Å². The smallest absolute Gasteiger partial charge is 0.756 e. The van der Waals surface area contributed by atoms with Gasteiger partial charge in [-0.3, -0.25) is 18.8 Å². The number of phosphoric acid groups is 1. The van der Waals surface area contributed by atoms with E-state index in [2.05, 4.69) is 25.2 Å². The molecule has 0 saturated carbocycles. The summed E-state index contributed by atoms with van der Waals surface area (Å²) in [6.45, 7) is -0.827. The van der Waals surface area contributed by atoms with Gasteiger partial charge in [-0.05, 0) is 11.6 Å². The van der Waals surface area contributed by atoms with Crippen LogP contribution in [0.5, 0.6) is 0 Å². The van der Waals surface area contributed by atoms with Crippen molar-refractivity contribution in [2.45, 2.75) is 80.3 Å². The fourth-order valence-electron chi connectivity index (χ4n) is 4.53. The Morgan fingerprint density at radius 2 is 2.05 bits per heavy atom. The van der Waals surface area contributed by atoms with Crippen LogP contribution in [0, 0.1) is 0 Å². The summed E-state index contributed by atoms with van der Waals surface area (Å²) in [7, 11) is -5.78. The first-order valence-corrected chi connectivity index (χ1v) is 13.9. The van der Waals surface area contributed by atoms with E-state index >= 15 is 0 Å². The number of aliphatic hydroxyl groups excluding tert-OH is 5. The molecule has 3 amide bonds. The predicted octanol–water partition coefficient (Wildman–Crippen LogP) is -7.77. The molecule has 0 aromatic carbocycles. The Labute approximate surface area is 270 Å². The number of nitrogens with one attached hydrogen (secondary N) is 2. The Hall–Kier alpha value is -1.95. The van der Waals surface area contributed by atoms with E-state index in [1.165, 1.54) is 12.3 Å². The van der Waals surface area contributed by atoms with Crippen LogP contribution >= 0.6 is 7.82 Å². The van der Waals surface area contributed by atoms with Crippen molar-refractivity contribution in [3.05, 3.63) is 22.7 Å². The number of phosphoric ester groups is 1. The average Bonchev–Trinajstić information content (AvgIpc) is 3.19. The molecule has 44 heavy (non-hydrogen) atoms. The molecule has 2 saturated heterocycles. The van der Waals surface area contributed by atoms with E-state index in [4.69, 9.17) is 25.3 Å². The second kappa shape index (κ2) is 15.6. The third kappa shape index (κ3) is 8.85. The van der Waals surface area contributed by atoms with Gasteiger partial charge in [0.2, 0.25) is 5.91 Å². The maximum Gasteiger partial charge on any atom is 1.00 e. The molecular weight excluding hydrogens is 632 g/mol. The first-order valence-electron chi connectivity index (χ1n) is 12.5. The third-order valence-corrected chi connectivity index (χ3v) is 7.56. The number of carbonyl (C=O) groups is 3. The summed E-state index contributed by atoms with van der Waals surface area (Å²) >= 11 is 0. The van der Waals surface area contributed by atoms with Gasteiger partial charge in [-0.1, -0.05) is 5.11 Å². The van der Waals surface area contributed by atoms with Crippen molar-refractivity contribution in [3.63, 3.8) is 0 Å². The number of ether oxygens (including phenoxy) is 2. The number of aliphatic hydroxyl groups is 5. The van der Waals surface area contributed by atoms with Gasteiger partial charge in [0.15, 0.2) is 6.23 Å². The number of urea groups is 1. The number of rotatable bonds is 12. The number of nitrogens with two attached hydrogens (primary N) is 1. The normalized spacial score (nSPS) is 36.2. The third-order valence-electron chi connectivity index (χ3n) is 6.58. The second-order valence-electron chi connectivity index (χ2n) is 9.71. The van der Waals surface area contributed by atoms with Crippen LogP contribution in [0.3, 0.4) is 0 Å². The van der Waals surface area contributed by atoms with E-state index < -0.39 is 112 Å². The molecule has 3 rings (SSSR count). The van der Waals surface area contributed by atoms with Gasteiger partial charge in [0.1, 0.15) is 30.5 Å². The van der Waals surface area contributed by atoms with Crippen molar-refractivity contribution in [2.24, 2.45) is 10.8 Å². The van der Waals surface area contributed by atoms with Crippen molar-refractivity contribution in [1.82, 2.24) is 15.5 Å². The molecule has 0 radical (unpaired) electrons. The van der Waals surface area contributed by atoms with Crippen LogP contribution in [0.1, 0.15) is 13.3 Å². The van der Waals surface area contributed by atoms with Gasteiger partial charge in [-0.25, -0.2) is 9.59 Å². The molecule has 0 aliphatic carbocycles. The summed E-state index contributed by atoms with van der Waals surface area (Å²) in [5, 5.41) is 69.5. The van der Waals surface area contributed by atoms with Gasteiger partial charge in [0.05, 0.1) is 37.6 Å². The Morgan fingerprint density at radius 3 is 2.61 bits per heavy atom. The van der Waals surface area contributed by atoms with Crippen molar-refractivity contribution in [2.75, 3.05) is 13.2 Å². The molecule has 10 N–H and O–H groups in total. The molecule has 2 fully saturated rings. The molecule has 242 valence electrons. The minimum absolute atomic E-state index is 0. The van der Waals surface area contributed by atoms with E-state index in [0.29, 0.717) is 0 Å². The molecule has 0 aromatic rings. The van der Waals surface area contributed by atoms with Crippen molar-refractivity contribution in [3.8, 4) is 0 Å². The van der Waals surface area contributed by atoms with Crippen LogP contribution in [0.25, 0.3) is 10.4 Å². The van der Waals surface area contributed by atoms with Gasteiger partial charge < -0.3 is 65.9 Å². The largest absolute Gasteiger partial charge is 1.00 e. The number of carbonyl (C=O) groups excluding carboxylic acids is 2. The Kier molecular flexibility index (Phi) is 13.5. The molecule has 2 unspecified atom stereocenters. The summed E-state index contributed by atoms with van der Waals surface area (Å²) in [6, 6.07) is -2.41. The number of azide groups is 1. The summed E-state index contributed by atoms with van der Waals surface area (Å²) in [5.74, 6) is -6.21. The van der Waals surface area contributed by atoms with E-state index in [1.807, 2.05) is 0 Å². The van der Waals surface area contributed by atoms with E-state index in [1.54, 1.807) is 0 Å². The molecule has 3 aliphatic heterocycles. The number of carboxylic acids is 1. The summed E-state index contributed by atoms with van der Waals surface area (Å²) in [6.07, 6.45) is -14.2. The maximum absolute atomic E-state index is 12.8. The summed E-state index contributed by atoms with van der Waals surface area (Å²) < 4.78 is 32.8. The Morgan fingerprint density at radius 1 is 1.39 bits per heavy atom. The minimum Gasteiger partial charge on any atom is -0.756 e. The van der Waals surface area contributed by atoms with Gasteiger partial charge in [0, 0.05) is 24.5 Å². The van der Waals surface area contributed by atoms with Gasteiger partial charge in [-0.15, -0.1) is 0 Å². The number of carboxylic acid groups (broad SMARTS) is 1. The first kappa shape index (κ1) is 38.2. The maximum atomic E-state index is 12.8. The Bertz CT molecular complexity index is 1200. The fourth-order valence-corrected chi connectivity index (χ4v) is 5.47. The molecule has 24 heteroatoms. The van der Waals surface area contributed by atoms with Gasteiger partial charge >= 0.3 is 41.6 Å². The number of hydrogen-bond acceptors (Lipinski definition) is 16. The fraction of sp³-hybridized carbons (Fsp3) is 0.750. The summed E-state index contributed by atoms with van der Waals surface area (Å²) in [4.78, 5) is 52.1. The quantitative estimate of drug-likeness (QED) is 0.0308. The zero-order chi connectivity index (χ0) is 32.3. The zero-order valence-electron chi connectivity index (χ0n) is 23.2. The second-order valence-corrected chi connectivity index (χ2v) is 11.0. The van der Waals surface area contributed by atoms with E-state index in [-0.39, 0.29) is 29.6 Å². The number of hydrogen-bond donors (Lipinski definition) is 9. The Balaban J connectivity index is 0.00000675. The van der Waals surface area contributed by atoms with E-state index in [0.717, 1.165) is 11.8 Å². The average molecular weight is 663 g/mol.